The van der Waals surface area contributed by atoms with Gasteiger partial charge < -0.3 is 29.5 Å². The smallest absolute Gasteiger partial charge is 0.342 e. The number of aromatic hydroxyl groups is 3. The minimum Gasteiger partial charge on any atom is -0.507 e. The minimum absolute atomic E-state index is 0.208. The van der Waals surface area contributed by atoms with Crippen LogP contribution in [-0.2, 0) is 46.7 Å². The molecule has 486 valence electrons. The zero-order valence-corrected chi connectivity index (χ0v) is 58.7. The van der Waals surface area contributed by atoms with Crippen LogP contribution in [0.5, 0.6) is 17.2 Å². The van der Waals surface area contributed by atoms with E-state index in [1.165, 1.54) is 0 Å². The van der Waals surface area contributed by atoms with Crippen LogP contribution in [-0.4, -0.2) is 29.0 Å². The van der Waals surface area contributed by atoms with Crippen LogP contribution in [0.3, 0.4) is 0 Å². The van der Waals surface area contributed by atoms with Gasteiger partial charge in [0, 0.05) is 50.1 Å². The molecule has 12 nitrogen and oxygen atoms in total. The zero-order chi connectivity index (χ0) is 65.9. The Balaban J connectivity index is 2.18. The van der Waals surface area contributed by atoms with E-state index in [1.54, 1.807) is 20.8 Å². The van der Waals surface area contributed by atoms with Crippen LogP contribution in [0.15, 0.2) is 69.0 Å². The van der Waals surface area contributed by atoms with Gasteiger partial charge in [-0.3, -0.25) is 0 Å². The van der Waals surface area contributed by atoms with Crippen LogP contribution < -0.4 is 17.1 Å². The molecule has 0 radical (unpaired) electrons. The van der Waals surface area contributed by atoms with Gasteiger partial charge in [-0.25, -0.2) is 28.1 Å². The first-order chi connectivity index (χ1) is 40.1. The van der Waals surface area contributed by atoms with E-state index in [2.05, 4.69) is 145 Å². The standard InChI is InChI=1S/C75H117N3O9/c1-25-28-31-34-37-40-61(52-43-55(70(7,8)9)64(79)56(44-52)71(10,11)12)85-49(4)76-67(82)77(50(5)86-62(41-38-35-32-29-26-2)53-45-57(72(13,14)15)65(80)58(46-53)73(16,17)18)69(84)78(68(76)83)51(6)87-63(42-39-36-33-30-27-3)54-47-59(74(19,20)21)66(81)60(48-54)75(22,23)24/h40-51,79-81H,25-39H2,1-24H3/b61-40+,62-41+,63-42+. The van der Waals surface area contributed by atoms with E-state index in [1.807, 2.05) is 54.6 Å². The molecule has 3 aromatic carbocycles. The predicted molar refractivity (Wildman–Crippen MR) is 363 cm³/mol. The van der Waals surface area contributed by atoms with Gasteiger partial charge >= 0.3 is 17.1 Å². The van der Waals surface area contributed by atoms with Crippen LogP contribution in [0.1, 0.15) is 331 Å². The summed E-state index contributed by atoms with van der Waals surface area (Å²) >= 11 is 0. The van der Waals surface area contributed by atoms with Crippen molar-refractivity contribution in [1.29, 1.82) is 0 Å². The lowest BCUT2D eigenvalue weighted by Gasteiger charge is -2.30. The Morgan fingerprint density at radius 1 is 0.356 bits per heavy atom. The molecular weight excluding hydrogens is 1090 g/mol. The van der Waals surface area contributed by atoms with Crippen molar-refractivity contribution in [3.63, 3.8) is 0 Å². The van der Waals surface area contributed by atoms with Crippen molar-refractivity contribution >= 4 is 17.3 Å². The summed E-state index contributed by atoms with van der Waals surface area (Å²) in [5, 5.41) is 35.6. The first kappa shape index (κ1) is 73.6. The molecule has 0 spiro atoms. The number of nitrogens with zero attached hydrogens (tertiary/aromatic N) is 3. The summed E-state index contributed by atoms with van der Waals surface area (Å²) in [6.45, 7) is 48.4. The van der Waals surface area contributed by atoms with Crippen molar-refractivity contribution in [1.82, 2.24) is 13.7 Å². The maximum absolute atomic E-state index is 15.7. The van der Waals surface area contributed by atoms with E-state index in [9.17, 15) is 15.3 Å². The molecule has 1 aromatic heterocycles. The van der Waals surface area contributed by atoms with Gasteiger partial charge in [0.15, 0.2) is 18.7 Å². The van der Waals surface area contributed by atoms with Crippen molar-refractivity contribution in [3.8, 4) is 17.2 Å². The van der Waals surface area contributed by atoms with E-state index in [0.29, 0.717) is 53.2 Å². The zero-order valence-electron chi connectivity index (χ0n) is 58.7. The Kier molecular flexibility index (Phi) is 25.4. The summed E-state index contributed by atoms with van der Waals surface area (Å²) in [6, 6.07) is 11.6. The Labute approximate surface area is 525 Å². The second kappa shape index (κ2) is 30.1. The number of ether oxygens (including phenoxy) is 3. The van der Waals surface area contributed by atoms with Crippen molar-refractivity contribution in [2.75, 3.05) is 0 Å². The maximum Gasteiger partial charge on any atom is 0.342 e. The average molecular weight is 1200 g/mol. The molecule has 0 aliphatic carbocycles. The second-order valence-corrected chi connectivity index (χ2v) is 30.6. The SMILES string of the molecule is CCCCCC/C=C(/OC(C)n1c(=O)n(C(C)O/C(=C/CCCCCC)c2cc(C(C)(C)C)c(O)c(C(C)(C)C)c2)c(=O)n(C(C)O/C(=C/CCCCCC)c2cc(C(C)(C)C)c(O)c(C(C)(C)C)c2)c1=O)c1cc(C(C)(C)C)c(O)c(C(C)(C)C)c1. The first-order valence-electron chi connectivity index (χ1n) is 32.9. The number of benzene rings is 3. The highest BCUT2D eigenvalue weighted by Crippen LogP contribution is 2.45. The Morgan fingerprint density at radius 3 is 0.701 bits per heavy atom. The van der Waals surface area contributed by atoms with E-state index in [0.717, 1.165) is 124 Å². The quantitative estimate of drug-likeness (QED) is 0.0391. The fourth-order valence-corrected chi connectivity index (χ4v) is 11.1. The molecule has 87 heavy (non-hydrogen) atoms. The predicted octanol–water partition coefficient (Wildman–Crippen LogP) is 19.7. The third-order valence-electron chi connectivity index (χ3n) is 16.4. The van der Waals surface area contributed by atoms with Crippen molar-refractivity contribution < 1.29 is 29.5 Å². The molecule has 4 rings (SSSR count). The van der Waals surface area contributed by atoms with Gasteiger partial charge in [-0.2, -0.15) is 0 Å². The molecular formula is C75H117N3O9. The van der Waals surface area contributed by atoms with Crippen molar-refractivity contribution in [2.45, 2.75) is 314 Å². The first-order valence-corrected chi connectivity index (χ1v) is 32.9. The molecule has 0 fully saturated rings. The second-order valence-electron chi connectivity index (χ2n) is 30.6. The van der Waals surface area contributed by atoms with Crippen molar-refractivity contribution in [3.05, 3.63) is 136 Å². The van der Waals surface area contributed by atoms with Crippen LogP contribution in [0.4, 0.5) is 0 Å². The van der Waals surface area contributed by atoms with Crippen LogP contribution in [0, 0.1) is 0 Å². The molecule has 0 amide bonds. The normalized spacial score (nSPS) is 14.6. The molecule has 0 bridgehead atoms. The molecule has 0 saturated heterocycles. The number of hydrogen-bond acceptors (Lipinski definition) is 9. The molecule has 3 unspecified atom stereocenters. The summed E-state index contributed by atoms with van der Waals surface area (Å²) in [7, 11) is 0. The maximum atomic E-state index is 15.7. The molecule has 4 aromatic rings. The fraction of sp³-hybridized carbons (Fsp3) is 0.640. The van der Waals surface area contributed by atoms with Crippen LogP contribution in [0.2, 0.25) is 0 Å². The van der Waals surface area contributed by atoms with Gasteiger partial charge in [0.25, 0.3) is 0 Å². The van der Waals surface area contributed by atoms with Gasteiger partial charge in [0.1, 0.15) is 34.5 Å². The summed E-state index contributed by atoms with van der Waals surface area (Å²) in [5.74, 6) is 1.90. The molecule has 1 heterocycles. The number of phenolic OH excluding ortho intramolecular Hbond substituents is 3. The molecule has 0 saturated carbocycles. The molecule has 0 aliphatic heterocycles. The van der Waals surface area contributed by atoms with E-state index in [4.69, 9.17) is 14.2 Å². The Bertz CT molecular complexity index is 2750. The summed E-state index contributed by atoms with van der Waals surface area (Å²) in [4.78, 5) is 47.2. The van der Waals surface area contributed by atoms with Gasteiger partial charge in [-0.15, -0.1) is 0 Å². The monoisotopic (exact) mass is 1200 g/mol. The van der Waals surface area contributed by atoms with Crippen LogP contribution in [0.25, 0.3) is 17.3 Å². The van der Waals surface area contributed by atoms with Gasteiger partial charge in [0.2, 0.25) is 0 Å². The lowest BCUT2D eigenvalue weighted by Crippen LogP contribution is -2.57. The number of aromatic nitrogens is 3. The lowest BCUT2D eigenvalue weighted by molar-refractivity contribution is 0.0559. The Hall–Kier alpha value is -5.91. The third-order valence-corrected chi connectivity index (χ3v) is 16.4. The summed E-state index contributed by atoms with van der Waals surface area (Å²) < 4.78 is 24.0. The minimum atomic E-state index is -1.31. The fourth-order valence-electron chi connectivity index (χ4n) is 11.1. The number of phenols is 3. The molecule has 0 aliphatic rings. The van der Waals surface area contributed by atoms with E-state index in [-0.39, 0.29) is 17.2 Å². The molecule has 12 heteroatoms. The van der Waals surface area contributed by atoms with Crippen molar-refractivity contribution in [2.24, 2.45) is 0 Å². The highest BCUT2D eigenvalue weighted by molar-refractivity contribution is 5.68. The largest absolute Gasteiger partial charge is 0.507 e. The summed E-state index contributed by atoms with van der Waals surface area (Å²) in [6.07, 6.45) is 16.0. The molecule has 3 atom stereocenters. The van der Waals surface area contributed by atoms with E-state index < -0.39 is 68.2 Å². The highest BCUT2D eigenvalue weighted by Gasteiger charge is 2.34. The number of unbranched alkanes of at least 4 members (excludes halogenated alkanes) is 12. The summed E-state index contributed by atoms with van der Waals surface area (Å²) in [5.41, 5.74) is 0.729. The number of hydrogen-bond donors (Lipinski definition) is 3. The molecule has 3 N–H and O–H groups in total. The van der Waals surface area contributed by atoms with Crippen LogP contribution >= 0.6 is 0 Å². The van der Waals surface area contributed by atoms with Gasteiger partial charge in [-0.1, -0.05) is 203 Å². The highest BCUT2D eigenvalue weighted by atomic mass is 16.5. The number of allylic oxidation sites excluding steroid dienone is 3. The lowest BCUT2D eigenvalue weighted by atomic mass is 9.78. The van der Waals surface area contributed by atoms with Gasteiger partial charge in [0.05, 0.1) is 0 Å². The third kappa shape index (κ3) is 19.3. The number of rotatable bonds is 27. The van der Waals surface area contributed by atoms with Gasteiger partial charge in [-0.05, 0) is 146 Å². The topological polar surface area (TPSA) is 154 Å². The van der Waals surface area contributed by atoms with E-state index >= 15 is 14.4 Å². The average Bonchev–Trinajstić information content (AvgIpc) is 0.976. The Morgan fingerprint density at radius 2 is 0.540 bits per heavy atom.